The van der Waals surface area contributed by atoms with Gasteiger partial charge in [0, 0.05) is 22.4 Å². The predicted molar refractivity (Wildman–Crippen MR) is 147 cm³/mol. The Hall–Kier alpha value is -3.66. The van der Waals surface area contributed by atoms with Crippen molar-refractivity contribution in [2.75, 3.05) is 21.3 Å². The molecule has 4 aromatic carbocycles. The van der Waals surface area contributed by atoms with Gasteiger partial charge in [0.2, 0.25) is 0 Å². The summed E-state index contributed by atoms with van der Waals surface area (Å²) in [7, 11) is 5.05. The van der Waals surface area contributed by atoms with Gasteiger partial charge in [0.25, 0.3) is 0 Å². The first-order valence-corrected chi connectivity index (χ1v) is 12.7. The van der Waals surface area contributed by atoms with Crippen LogP contribution in [0, 0.1) is 0 Å². The molecule has 4 heteroatoms. The summed E-state index contributed by atoms with van der Waals surface area (Å²) in [5.41, 5.74) is 6.98. The maximum Gasteiger partial charge on any atom is 0.130 e. The normalized spacial score (nSPS) is 13.4. The number of fused-ring (bicyclic) bond motifs is 5. The first kappa shape index (κ1) is 24.1. The van der Waals surface area contributed by atoms with E-state index >= 15 is 0 Å². The summed E-state index contributed by atoms with van der Waals surface area (Å²) in [5.74, 6) is 2.67. The molecule has 1 aliphatic carbocycles. The predicted octanol–water partition coefficient (Wildman–Crippen LogP) is 8.10. The molecule has 1 aliphatic rings. The number of phenols is 1. The van der Waals surface area contributed by atoms with E-state index < -0.39 is 0 Å². The van der Waals surface area contributed by atoms with E-state index in [0.717, 1.165) is 64.8 Å². The van der Waals surface area contributed by atoms with E-state index in [0.29, 0.717) is 5.75 Å². The van der Waals surface area contributed by atoms with Crippen molar-refractivity contribution in [2.45, 2.75) is 44.9 Å². The van der Waals surface area contributed by atoms with Crippen molar-refractivity contribution in [3.8, 4) is 45.3 Å². The largest absolute Gasteiger partial charge is 0.507 e. The lowest BCUT2D eigenvalue weighted by molar-refractivity contribution is 0.395. The van der Waals surface area contributed by atoms with Crippen molar-refractivity contribution in [3.05, 3.63) is 71.8 Å². The van der Waals surface area contributed by atoms with Crippen LogP contribution in [0.5, 0.6) is 23.0 Å². The topological polar surface area (TPSA) is 47.9 Å². The SMILES string of the molecule is CCCC1(CCC)c2cc(-c3ccc(OC)cc3OC)ccc2-c2c1cc(O)c1ccc(OC)cc21. The van der Waals surface area contributed by atoms with Crippen LogP contribution in [0.2, 0.25) is 0 Å². The van der Waals surface area contributed by atoms with Crippen LogP contribution in [0.25, 0.3) is 33.0 Å². The van der Waals surface area contributed by atoms with E-state index in [2.05, 4.69) is 44.2 Å². The molecule has 4 nitrogen and oxygen atoms in total. The summed E-state index contributed by atoms with van der Waals surface area (Å²) < 4.78 is 16.7. The highest BCUT2D eigenvalue weighted by Gasteiger charge is 2.43. The van der Waals surface area contributed by atoms with Crippen molar-refractivity contribution < 1.29 is 19.3 Å². The number of methoxy groups -OCH3 is 3. The van der Waals surface area contributed by atoms with E-state index in [9.17, 15) is 5.11 Å². The Balaban J connectivity index is 1.82. The van der Waals surface area contributed by atoms with Crippen LogP contribution in [0.1, 0.15) is 50.7 Å². The molecule has 0 fully saturated rings. The summed E-state index contributed by atoms with van der Waals surface area (Å²) in [4.78, 5) is 0. The van der Waals surface area contributed by atoms with Crippen molar-refractivity contribution >= 4 is 10.8 Å². The first-order valence-electron chi connectivity index (χ1n) is 12.7. The van der Waals surface area contributed by atoms with Gasteiger partial charge in [0.1, 0.15) is 23.0 Å². The van der Waals surface area contributed by atoms with E-state index in [1.165, 1.54) is 22.3 Å². The fraction of sp³-hybridized carbons (Fsp3) is 0.312. The van der Waals surface area contributed by atoms with Gasteiger partial charge in [-0.2, -0.15) is 0 Å². The summed E-state index contributed by atoms with van der Waals surface area (Å²) >= 11 is 0. The third kappa shape index (κ3) is 3.59. The Labute approximate surface area is 213 Å². The number of benzene rings is 4. The highest BCUT2D eigenvalue weighted by Crippen LogP contribution is 2.58. The van der Waals surface area contributed by atoms with Crippen LogP contribution in [0.3, 0.4) is 0 Å². The Kier molecular flexibility index (Phi) is 6.29. The van der Waals surface area contributed by atoms with Gasteiger partial charge in [-0.1, -0.05) is 38.8 Å². The zero-order valence-electron chi connectivity index (χ0n) is 21.8. The van der Waals surface area contributed by atoms with Gasteiger partial charge in [-0.3, -0.25) is 0 Å². The molecule has 0 atom stereocenters. The molecule has 36 heavy (non-hydrogen) atoms. The Morgan fingerprint density at radius 1 is 0.667 bits per heavy atom. The molecule has 0 heterocycles. The molecule has 0 bridgehead atoms. The van der Waals surface area contributed by atoms with Crippen LogP contribution in [0.4, 0.5) is 0 Å². The van der Waals surface area contributed by atoms with Crippen LogP contribution in [0.15, 0.2) is 60.7 Å². The van der Waals surface area contributed by atoms with Gasteiger partial charge in [0.05, 0.1) is 21.3 Å². The van der Waals surface area contributed by atoms with E-state index in [4.69, 9.17) is 14.2 Å². The minimum absolute atomic E-state index is 0.168. The highest BCUT2D eigenvalue weighted by atomic mass is 16.5. The monoisotopic (exact) mass is 482 g/mol. The average molecular weight is 483 g/mol. The molecular weight excluding hydrogens is 448 g/mol. The summed E-state index contributed by atoms with van der Waals surface area (Å²) in [6.07, 6.45) is 4.12. The standard InChI is InChI=1S/C32H34O4/c1-6-14-32(15-7-2)27-16-20(23-12-9-22(35-4)18-30(23)36-5)8-11-25(27)31-26-17-21(34-3)10-13-24(26)29(33)19-28(31)32/h8-13,16-19,33H,6-7,14-15H2,1-5H3. The van der Waals surface area contributed by atoms with Gasteiger partial charge in [-0.15, -0.1) is 0 Å². The zero-order valence-corrected chi connectivity index (χ0v) is 21.8. The van der Waals surface area contributed by atoms with E-state index in [1.807, 2.05) is 30.3 Å². The molecule has 186 valence electrons. The summed E-state index contributed by atoms with van der Waals surface area (Å²) in [5, 5.41) is 13.0. The van der Waals surface area contributed by atoms with Crippen LogP contribution >= 0.6 is 0 Å². The average Bonchev–Trinajstić information content (AvgIpc) is 3.17. The molecule has 0 radical (unpaired) electrons. The minimum Gasteiger partial charge on any atom is -0.507 e. The molecule has 0 unspecified atom stereocenters. The minimum atomic E-state index is -0.168. The van der Waals surface area contributed by atoms with Gasteiger partial charge in [0.15, 0.2) is 0 Å². The van der Waals surface area contributed by atoms with E-state index in [-0.39, 0.29) is 5.41 Å². The maximum absolute atomic E-state index is 11.1. The number of hydrogen-bond acceptors (Lipinski definition) is 4. The number of phenolic OH excluding ortho intramolecular Hbond substituents is 1. The van der Waals surface area contributed by atoms with E-state index in [1.54, 1.807) is 21.3 Å². The quantitative estimate of drug-likeness (QED) is 0.276. The second kappa shape index (κ2) is 9.42. The molecule has 0 saturated carbocycles. The molecule has 1 N–H and O–H groups in total. The fourth-order valence-electron chi connectivity index (χ4n) is 6.20. The Morgan fingerprint density at radius 3 is 2.00 bits per heavy atom. The summed E-state index contributed by atoms with van der Waals surface area (Å²) in [6.45, 7) is 4.49. The maximum atomic E-state index is 11.1. The van der Waals surface area contributed by atoms with Crippen molar-refractivity contribution in [1.29, 1.82) is 0 Å². The van der Waals surface area contributed by atoms with Gasteiger partial charge < -0.3 is 19.3 Å². The van der Waals surface area contributed by atoms with Gasteiger partial charge in [-0.25, -0.2) is 0 Å². The number of rotatable bonds is 8. The molecule has 0 amide bonds. The summed E-state index contributed by atoms with van der Waals surface area (Å²) in [6, 6.07) is 20.7. The Bertz CT molecular complexity index is 1430. The number of aromatic hydroxyl groups is 1. The molecular formula is C32H34O4. The molecule has 4 aromatic rings. The first-order chi connectivity index (χ1) is 17.5. The molecule has 0 aromatic heterocycles. The number of ether oxygens (including phenoxy) is 3. The lowest BCUT2D eigenvalue weighted by Gasteiger charge is -2.32. The molecule has 0 aliphatic heterocycles. The van der Waals surface area contributed by atoms with Crippen LogP contribution < -0.4 is 14.2 Å². The van der Waals surface area contributed by atoms with Crippen molar-refractivity contribution in [3.63, 3.8) is 0 Å². The zero-order chi connectivity index (χ0) is 25.4. The molecule has 5 rings (SSSR count). The highest BCUT2D eigenvalue weighted by molar-refractivity contribution is 6.06. The molecule has 0 saturated heterocycles. The Morgan fingerprint density at radius 2 is 1.33 bits per heavy atom. The van der Waals surface area contributed by atoms with Crippen LogP contribution in [-0.2, 0) is 5.41 Å². The second-order valence-electron chi connectivity index (χ2n) is 9.64. The third-order valence-corrected chi connectivity index (χ3v) is 7.72. The lowest BCUT2D eigenvalue weighted by Crippen LogP contribution is -2.25. The van der Waals surface area contributed by atoms with Crippen molar-refractivity contribution in [2.24, 2.45) is 0 Å². The third-order valence-electron chi connectivity index (χ3n) is 7.72. The number of hydrogen-bond donors (Lipinski definition) is 1. The van der Waals surface area contributed by atoms with Gasteiger partial charge in [-0.05, 0) is 88.5 Å². The van der Waals surface area contributed by atoms with Gasteiger partial charge >= 0.3 is 0 Å². The lowest BCUT2D eigenvalue weighted by atomic mass is 9.71. The molecule has 0 spiro atoms. The second-order valence-corrected chi connectivity index (χ2v) is 9.64. The smallest absolute Gasteiger partial charge is 0.130 e. The fourth-order valence-corrected chi connectivity index (χ4v) is 6.20. The van der Waals surface area contributed by atoms with Crippen LogP contribution in [-0.4, -0.2) is 26.4 Å². The van der Waals surface area contributed by atoms with Crippen molar-refractivity contribution in [1.82, 2.24) is 0 Å².